The van der Waals surface area contributed by atoms with Crippen LogP contribution < -0.4 is 10.6 Å². The molecule has 4 nitrogen and oxygen atoms in total. The molecule has 0 spiro atoms. The van der Waals surface area contributed by atoms with Gasteiger partial charge in [0.05, 0.1) is 11.4 Å². The Balaban J connectivity index is 1.82. The molecule has 4 rings (SSSR count). The van der Waals surface area contributed by atoms with Crippen LogP contribution in [0.25, 0.3) is 0 Å². The molecular formula is C23H20ClN3O. The molecule has 1 aliphatic heterocycles. The van der Waals surface area contributed by atoms with Crippen molar-refractivity contribution in [2.75, 3.05) is 10.6 Å². The maximum Gasteiger partial charge on any atom is 0.269 e. The first-order chi connectivity index (χ1) is 13.5. The number of benzene rings is 3. The van der Waals surface area contributed by atoms with Gasteiger partial charge in [-0.25, -0.2) is 4.99 Å². The molecule has 2 N–H and O–H groups in total. The fraction of sp³-hybridized carbons (Fsp3) is 0.130. The molecule has 5 heteroatoms. The highest BCUT2D eigenvalue weighted by Gasteiger charge is 2.26. The Morgan fingerprint density at radius 3 is 2.54 bits per heavy atom. The number of anilines is 2. The second-order valence-electron chi connectivity index (χ2n) is 6.89. The van der Waals surface area contributed by atoms with Gasteiger partial charge in [0.1, 0.15) is 0 Å². The lowest BCUT2D eigenvalue weighted by molar-refractivity contribution is -0.116. The van der Waals surface area contributed by atoms with Crippen LogP contribution in [0.15, 0.2) is 71.7 Å². The minimum Gasteiger partial charge on any atom is -0.356 e. The van der Waals surface area contributed by atoms with Gasteiger partial charge in [0.15, 0.2) is 6.17 Å². The number of aliphatic imine (C=N–C) groups is 1. The fourth-order valence-electron chi connectivity index (χ4n) is 3.33. The second kappa shape index (κ2) is 7.49. The maximum absolute atomic E-state index is 12.9. The van der Waals surface area contributed by atoms with Gasteiger partial charge in [-0.3, -0.25) is 4.79 Å². The number of hydrogen-bond donors (Lipinski definition) is 2. The molecule has 1 atom stereocenters. The van der Waals surface area contributed by atoms with Crippen molar-refractivity contribution in [3.05, 3.63) is 94.0 Å². The normalized spacial score (nSPS) is 15.9. The van der Waals surface area contributed by atoms with Gasteiger partial charge in [0.25, 0.3) is 5.91 Å². The minimum atomic E-state index is -0.761. The lowest BCUT2D eigenvalue weighted by Gasteiger charge is -2.16. The number of fused-ring (bicyclic) bond motifs is 1. The smallest absolute Gasteiger partial charge is 0.269 e. The first kappa shape index (κ1) is 18.3. The molecule has 0 bridgehead atoms. The fourth-order valence-corrected chi connectivity index (χ4v) is 3.50. The van der Waals surface area contributed by atoms with E-state index in [9.17, 15) is 4.79 Å². The minimum absolute atomic E-state index is 0.213. The van der Waals surface area contributed by atoms with Gasteiger partial charge in [0, 0.05) is 21.8 Å². The van der Waals surface area contributed by atoms with E-state index in [-0.39, 0.29) is 5.91 Å². The van der Waals surface area contributed by atoms with E-state index in [1.54, 1.807) is 6.07 Å². The highest BCUT2D eigenvalue weighted by atomic mass is 35.5. The molecule has 1 amide bonds. The van der Waals surface area contributed by atoms with E-state index in [4.69, 9.17) is 16.6 Å². The largest absolute Gasteiger partial charge is 0.356 e. The number of benzodiazepines with no additional fused rings is 1. The van der Waals surface area contributed by atoms with Gasteiger partial charge in [-0.15, -0.1) is 0 Å². The third-order valence-electron chi connectivity index (χ3n) is 4.72. The standard InChI is InChI=1S/C23H20ClN3O/c1-14-8-10-19(15(2)12-14)25-22-23(28)26-20-11-9-17(24)13-18(20)21(27-22)16-6-4-3-5-7-16/h3-13,22,25H,1-2H3,(H,26,28). The van der Waals surface area contributed by atoms with Gasteiger partial charge in [-0.05, 0) is 43.7 Å². The van der Waals surface area contributed by atoms with Gasteiger partial charge >= 0.3 is 0 Å². The summed E-state index contributed by atoms with van der Waals surface area (Å²) >= 11 is 6.24. The molecule has 0 fully saturated rings. The van der Waals surface area contributed by atoms with E-state index in [2.05, 4.69) is 16.7 Å². The molecule has 0 aromatic heterocycles. The van der Waals surface area contributed by atoms with Crippen LogP contribution in [0, 0.1) is 13.8 Å². The number of hydrogen-bond acceptors (Lipinski definition) is 3. The first-order valence-corrected chi connectivity index (χ1v) is 9.47. The number of nitrogens with zero attached hydrogens (tertiary/aromatic N) is 1. The van der Waals surface area contributed by atoms with Crippen molar-refractivity contribution in [1.29, 1.82) is 0 Å². The molecule has 140 valence electrons. The average molecular weight is 390 g/mol. The molecule has 0 aliphatic carbocycles. The summed E-state index contributed by atoms with van der Waals surface area (Å²) in [5.41, 5.74) is 6.26. The second-order valence-corrected chi connectivity index (χ2v) is 7.32. The molecule has 0 radical (unpaired) electrons. The Hall–Kier alpha value is -3.11. The molecule has 1 unspecified atom stereocenters. The van der Waals surface area contributed by atoms with Crippen LogP contribution in [0.2, 0.25) is 5.02 Å². The highest BCUT2D eigenvalue weighted by molar-refractivity contribution is 6.32. The van der Waals surface area contributed by atoms with E-state index in [1.807, 2.05) is 68.4 Å². The predicted octanol–water partition coefficient (Wildman–Crippen LogP) is 5.18. The predicted molar refractivity (Wildman–Crippen MR) is 115 cm³/mol. The highest BCUT2D eigenvalue weighted by Crippen LogP contribution is 2.28. The SMILES string of the molecule is Cc1ccc(NC2N=C(c3ccccc3)c3cc(Cl)ccc3NC2=O)c(C)c1. The van der Waals surface area contributed by atoms with Crippen LogP contribution in [-0.2, 0) is 4.79 Å². The maximum atomic E-state index is 12.9. The molecule has 1 aliphatic rings. The first-order valence-electron chi connectivity index (χ1n) is 9.09. The third kappa shape index (κ3) is 3.64. The van der Waals surface area contributed by atoms with Gasteiger partial charge < -0.3 is 10.6 Å². The zero-order valence-electron chi connectivity index (χ0n) is 15.7. The molecule has 0 saturated carbocycles. The number of nitrogens with one attached hydrogen (secondary N) is 2. The lowest BCUT2D eigenvalue weighted by Crippen LogP contribution is -2.32. The van der Waals surface area contributed by atoms with Crippen LogP contribution in [0.4, 0.5) is 11.4 Å². The summed E-state index contributed by atoms with van der Waals surface area (Å²) in [5.74, 6) is -0.213. The zero-order chi connectivity index (χ0) is 19.7. The number of carbonyl (C=O) groups is 1. The third-order valence-corrected chi connectivity index (χ3v) is 4.96. The molecule has 0 saturated heterocycles. The molecule has 1 heterocycles. The quantitative estimate of drug-likeness (QED) is 0.648. The summed E-state index contributed by atoms with van der Waals surface area (Å²) in [5, 5.41) is 6.85. The van der Waals surface area contributed by atoms with E-state index in [0.29, 0.717) is 10.7 Å². The Morgan fingerprint density at radius 2 is 1.79 bits per heavy atom. The topological polar surface area (TPSA) is 53.5 Å². The van der Waals surface area contributed by atoms with Crippen molar-refractivity contribution in [3.63, 3.8) is 0 Å². The molecular weight excluding hydrogens is 370 g/mol. The van der Waals surface area contributed by atoms with Gasteiger partial charge in [0.2, 0.25) is 0 Å². The Kier molecular flexibility index (Phi) is 4.88. The number of carbonyl (C=O) groups excluding carboxylic acids is 1. The van der Waals surface area contributed by atoms with Crippen LogP contribution in [-0.4, -0.2) is 17.8 Å². The number of rotatable bonds is 3. The average Bonchev–Trinajstić information content (AvgIpc) is 2.81. The molecule has 3 aromatic rings. The van der Waals surface area contributed by atoms with Crippen LogP contribution >= 0.6 is 11.6 Å². The Bertz CT molecular complexity index is 1080. The van der Waals surface area contributed by atoms with Gasteiger partial charge in [-0.1, -0.05) is 59.6 Å². The van der Waals surface area contributed by atoms with Gasteiger partial charge in [-0.2, -0.15) is 0 Å². The molecule has 28 heavy (non-hydrogen) atoms. The van der Waals surface area contributed by atoms with Crippen molar-refractivity contribution >= 4 is 34.6 Å². The van der Waals surface area contributed by atoms with E-state index >= 15 is 0 Å². The van der Waals surface area contributed by atoms with Crippen molar-refractivity contribution in [2.45, 2.75) is 20.0 Å². The summed E-state index contributed by atoms with van der Waals surface area (Å²) in [7, 11) is 0. The summed E-state index contributed by atoms with van der Waals surface area (Å²) < 4.78 is 0. The van der Waals surface area contributed by atoms with Crippen molar-refractivity contribution in [1.82, 2.24) is 0 Å². The van der Waals surface area contributed by atoms with Crippen LogP contribution in [0.5, 0.6) is 0 Å². The number of amides is 1. The van der Waals surface area contributed by atoms with Crippen molar-refractivity contribution in [3.8, 4) is 0 Å². The van der Waals surface area contributed by atoms with E-state index in [1.165, 1.54) is 5.56 Å². The van der Waals surface area contributed by atoms with Crippen LogP contribution in [0.1, 0.15) is 22.3 Å². The molecule has 3 aromatic carbocycles. The lowest BCUT2D eigenvalue weighted by atomic mass is 10.0. The van der Waals surface area contributed by atoms with E-state index in [0.717, 1.165) is 28.1 Å². The summed E-state index contributed by atoms with van der Waals surface area (Å²) in [6.45, 7) is 4.06. The number of halogens is 1. The summed E-state index contributed by atoms with van der Waals surface area (Å²) in [4.78, 5) is 17.7. The van der Waals surface area contributed by atoms with E-state index < -0.39 is 6.17 Å². The summed E-state index contributed by atoms with van der Waals surface area (Å²) in [6.07, 6.45) is -0.761. The Labute approximate surface area is 169 Å². The van der Waals surface area contributed by atoms with Crippen molar-refractivity contribution in [2.24, 2.45) is 4.99 Å². The summed E-state index contributed by atoms with van der Waals surface area (Å²) in [6, 6.07) is 21.3. The number of aryl methyl sites for hydroxylation is 2. The van der Waals surface area contributed by atoms with Crippen molar-refractivity contribution < 1.29 is 4.79 Å². The Morgan fingerprint density at radius 1 is 1.00 bits per heavy atom. The zero-order valence-corrected chi connectivity index (χ0v) is 16.4. The monoisotopic (exact) mass is 389 g/mol. The van der Waals surface area contributed by atoms with Crippen LogP contribution in [0.3, 0.4) is 0 Å².